The molecule has 4 rings (SSSR count). The molecule has 1 aromatic rings. The standard InChI is InChI=1S/C28H38N2O5/c1-28(2,3)25-16-19(12-15-30(25)27(33)34)18-35-24-10-8-21(9-11-24)20-4-6-22(7-5-20)26(32)29-14-13-23(31)17-29/h4,8-11,19,22,25H,5-7,12-18H2,1-3H3,(H,33,34). The summed E-state index contributed by atoms with van der Waals surface area (Å²) in [5.74, 6) is 1.42. The summed E-state index contributed by atoms with van der Waals surface area (Å²) in [5, 5.41) is 9.56. The van der Waals surface area contributed by atoms with Gasteiger partial charge in [-0.2, -0.15) is 0 Å². The van der Waals surface area contributed by atoms with Gasteiger partial charge in [0.2, 0.25) is 5.91 Å². The van der Waals surface area contributed by atoms with E-state index in [0.29, 0.717) is 32.0 Å². The molecule has 1 aromatic carbocycles. The molecule has 0 spiro atoms. The van der Waals surface area contributed by atoms with Crippen LogP contribution in [0.5, 0.6) is 5.75 Å². The first-order valence-corrected chi connectivity index (χ1v) is 12.8. The van der Waals surface area contributed by atoms with Crippen LogP contribution in [-0.2, 0) is 9.59 Å². The molecular weight excluding hydrogens is 444 g/mol. The molecule has 3 atom stereocenters. The number of likely N-dealkylation sites (tertiary alicyclic amines) is 2. The van der Waals surface area contributed by atoms with Crippen LogP contribution in [0.2, 0.25) is 0 Å². The van der Waals surface area contributed by atoms with Crippen LogP contribution in [0.25, 0.3) is 5.57 Å². The molecule has 2 aliphatic heterocycles. The maximum atomic E-state index is 12.7. The Bertz CT molecular complexity index is 978. The molecule has 190 valence electrons. The van der Waals surface area contributed by atoms with Gasteiger partial charge < -0.3 is 19.6 Å². The van der Waals surface area contributed by atoms with Crippen LogP contribution in [0.3, 0.4) is 0 Å². The highest BCUT2D eigenvalue weighted by molar-refractivity contribution is 5.90. The molecule has 0 radical (unpaired) electrons. The number of hydrogen-bond donors (Lipinski definition) is 1. The van der Waals surface area contributed by atoms with E-state index < -0.39 is 6.09 Å². The number of allylic oxidation sites excluding steroid dienone is 2. The van der Waals surface area contributed by atoms with Crippen LogP contribution in [0.4, 0.5) is 4.79 Å². The van der Waals surface area contributed by atoms with Gasteiger partial charge in [-0.1, -0.05) is 39.0 Å². The van der Waals surface area contributed by atoms with E-state index in [9.17, 15) is 19.5 Å². The third-order valence-electron chi connectivity index (χ3n) is 7.77. The lowest BCUT2D eigenvalue weighted by molar-refractivity contribution is -0.135. The van der Waals surface area contributed by atoms with E-state index in [4.69, 9.17) is 4.74 Å². The summed E-state index contributed by atoms with van der Waals surface area (Å²) in [5.41, 5.74) is 2.30. The normalized spacial score (nSPS) is 25.4. The lowest BCUT2D eigenvalue weighted by atomic mass is 9.77. The number of ketones is 1. The van der Waals surface area contributed by atoms with Crippen molar-refractivity contribution in [1.29, 1.82) is 0 Å². The first-order valence-electron chi connectivity index (χ1n) is 12.8. The Kier molecular flexibility index (Phi) is 7.53. The quantitative estimate of drug-likeness (QED) is 0.648. The number of nitrogens with zero attached hydrogens (tertiary/aromatic N) is 2. The van der Waals surface area contributed by atoms with E-state index in [-0.39, 0.29) is 35.6 Å². The number of hydrogen-bond acceptors (Lipinski definition) is 4. The van der Waals surface area contributed by atoms with E-state index in [1.165, 1.54) is 5.57 Å². The smallest absolute Gasteiger partial charge is 0.407 e. The number of benzene rings is 1. The molecule has 1 N–H and O–H groups in total. The summed E-state index contributed by atoms with van der Waals surface area (Å²) in [6.07, 6.45) is 5.85. The van der Waals surface area contributed by atoms with Crippen molar-refractivity contribution in [3.63, 3.8) is 0 Å². The Morgan fingerprint density at radius 2 is 1.83 bits per heavy atom. The highest BCUT2D eigenvalue weighted by Crippen LogP contribution is 2.35. The number of ether oxygens (including phenoxy) is 1. The Labute approximate surface area is 208 Å². The van der Waals surface area contributed by atoms with Crippen LogP contribution in [-0.4, -0.2) is 65.0 Å². The van der Waals surface area contributed by atoms with Crippen molar-refractivity contribution >= 4 is 23.4 Å². The van der Waals surface area contributed by atoms with Gasteiger partial charge in [0.05, 0.1) is 13.2 Å². The maximum Gasteiger partial charge on any atom is 0.407 e. The first kappa shape index (κ1) is 25.3. The van der Waals surface area contributed by atoms with Gasteiger partial charge in [0.15, 0.2) is 5.78 Å². The van der Waals surface area contributed by atoms with Gasteiger partial charge in [-0.15, -0.1) is 0 Å². The molecular formula is C28H38N2O5. The predicted octanol–water partition coefficient (Wildman–Crippen LogP) is 4.86. The first-order chi connectivity index (χ1) is 16.6. The van der Waals surface area contributed by atoms with Crippen molar-refractivity contribution in [3.8, 4) is 5.75 Å². The second kappa shape index (κ2) is 10.4. The van der Waals surface area contributed by atoms with Gasteiger partial charge in [-0.05, 0) is 66.7 Å². The summed E-state index contributed by atoms with van der Waals surface area (Å²) < 4.78 is 6.10. The minimum absolute atomic E-state index is 0.00960. The van der Waals surface area contributed by atoms with Gasteiger partial charge in [-0.25, -0.2) is 4.79 Å². The Balaban J connectivity index is 1.29. The fourth-order valence-corrected chi connectivity index (χ4v) is 5.62. The molecule has 1 aliphatic carbocycles. The number of rotatable bonds is 5. The highest BCUT2D eigenvalue weighted by Gasteiger charge is 2.38. The molecule has 35 heavy (non-hydrogen) atoms. The Hall–Kier alpha value is -2.83. The molecule has 2 saturated heterocycles. The van der Waals surface area contributed by atoms with Crippen LogP contribution < -0.4 is 4.74 Å². The number of amides is 2. The number of carboxylic acid groups (broad SMARTS) is 1. The number of Topliss-reactive ketones (excluding diaryl/α,β-unsaturated/α-hetero) is 1. The van der Waals surface area contributed by atoms with Crippen LogP contribution in [0.1, 0.15) is 64.9 Å². The third-order valence-corrected chi connectivity index (χ3v) is 7.77. The Morgan fingerprint density at radius 3 is 2.40 bits per heavy atom. The van der Waals surface area contributed by atoms with Crippen molar-refractivity contribution in [2.45, 2.75) is 65.3 Å². The van der Waals surface area contributed by atoms with Crippen molar-refractivity contribution in [2.75, 3.05) is 26.2 Å². The van der Waals surface area contributed by atoms with E-state index in [2.05, 4.69) is 39.0 Å². The van der Waals surface area contributed by atoms with Crippen LogP contribution in [0, 0.1) is 17.3 Å². The number of carbonyl (C=O) groups excluding carboxylic acids is 2. The van der Waals surface area contributed by atoms with Crippen molar-refractivity contribution < 1.29 is 24.2 Å². The second-order valence-corrected chi connectivity index (χ2v) is 11.3. The van der Waals surface area contributed by atoms with Gasteiger partial charge in [0.25, 0.3) is 0 Å². The zero-order valence-corrected chi connectivity index (χ0v) is 21.2. The van der Waals surface area contributed by atoms with Crippen molar-refractivity contribution in [2.24, 2.45) is 17.3 Å². The largest absolute Gasteiger partial charge is 0.493 e. The summed E-state index contributed by atoms with van der Waals surface area (Å²) >= 11 is 0. The molecule has 3 aliphatic rings. The minimum atomic E-state index is -0.835. The summed E-state index contributed by atoms with van der Waals surface area (Å²) in [6, 6.07) is 8.14. The SMILES string of the molecule is CC(C)(C)C1CC(COc2ccc(C3=CCC(C(=O)N4CCC(=O)C4)CC3)cc2)CCN1C(=O)O. The van der Waals surface area contributed by atoms with Gasteiger partial charge in [0.1, 0.15) is 5.75 Å². The molecule has 0 saturated carbocycles. The van der Waals surface area contributed by atoms with Crippen molar-refractivity contribution in [1.82, 2.24) is 9.80 Å². The molecule has 2 heterocycles. The monoisotopic (exact) mass is 482 g/mol. The van der Waals surface area contributed by atoms with E-state index >= 15 is 0 Å². The van der Waals surface area contributed by atoms with Crippen LogP contribution >= 0.6 is 0 Å². The average Bonchev–Trinajstić information content (AvgIpc) is 3.28. The molecule has 7 nitrogen and oxygen atoms in total. The molecule has 7 heteroatoms. The minimum Gasteiger partial charge on any atom is -0.493 e. The molecule has 0 aromatic heterocycles. The summed E-state index contributed by atoms with van der Waals surface area (Å²) in [7, 11) is 0. The zero-order chi connectivity index (χ0) is 25.2. The van der Waals surface area contributed by atoms with E-state index in [0.717, 1.165) is 43.4 Å². The van der Waals surface area contributed by atoms with Crippen LogP contribution in [0.15, 0.2) is 30.3 Å². The van der Waals surface area contributed by atoms with Crippen molar-refractivity contribution in [3.05, 3.63) is 35.9 Å². The maximum absolute atomic E-state index is 12.7. The summed E-state index contributed by atoms with van der Waals surface area (Å²) in [4.78, 5) is 39.1. The average molecular weight is 483 g/mol. The highest BCUT2D eigenvalue weighted by atomic mass is 16.5. The third kappa shape index (κ3) is 6.06. The van der Waals surface area contributed by atoms with E-state index in [1.807, 2.05) is 12.1 Å². The number of piperidine rings is 1. The zero-order valence-electron chi connectivity index (χ0n) is 21.2. The lowest BCUT2D eigenvalue weighted by Crippen LogP contribution is -2.52. The van der Waals surface area contributed by atoms with Gasteiger partial charge >= 0.3 is 6.09 Å². The van der Waals surface area contributed by atoms with Gasteiger partial charge in [0, 0.05) is 31.5 Å². The lowest BCUT2D eigenvalue weighted by Gasteiger charge is -2.44. The topological polar surface area (TPSA) is 87.2 Å². The fourth-order valence-electron chi connectivity index (χ4n) is 5.62. The molecule has 2 fully saturated rings. The molecule has 2 amide bonds. The van der Waals surface area contributed by atoms with Gasteiger partial charge in [-0.3, -0.25) is 9.59 Å². The van der Waals surface area contributed by atoms with E-state index in [1.54, 1.807) is 9.80 Å². The predicted molar refractivity (Wildman–Crippen MR) is 134 cm³/mol. The molecule has 0 bridgehead atoms. The number of carbonyl (C=O) groups is 3. The molecule has 3 unspecified atom stereocenters. The Morgan fingerprint density at radius 1 is 1.09 bits per heavy atom. The fraction of sp³-hybridized carbons (Fsp3) is 0.607. The second-order valence-electron chi connectivity index (χ2n) is 11.3. The summed E-state index contributed by atoms with van der Waals surface area (Å²) in [6.45, 7) is 8.29.